The van der Waals surface area contributed by atoms with Crippen molar-refractivity contribution in [1.82, 2.24) is 4.90 Å². The Morgan fingerprint density at radius 2 is 1.68 bits per heavy atom. The highest BCUT2D eigenvalue weighted by Crippen LogP contribution is 2.41. The zero-order valence-corrected chi connectivity index (χ0v) is 13.1. The van der Waals surface area contributed by atoms with Crippen LogP contribution in [0.25, 0.3) is 0 Å². The maximum atomic E-state index is 6.12. The summed E-state index contributed by atoms with van der Waals surface area (Å²) in [6.45, 7) is 4.31. The molecule has 0 aromatic heterocycles. The lowest BCUT2D eigenvalue weighted by Gasteiger charge is -2.52. The third-order valence-corrected chi connectivity index (χ3v) is 5.30. The summed E-state index contributed by atoms with van der Waals surface area (Å²) in [5.74, 6) is 0. The van der Waals surface area contributed by atoms with E-state index < -0.39 is 0 Å². The van der Waals surface area contributed by atoms with Gasteiger partial charge in [0, 0.05) is 6.42 Å². The molecule has 3 fully saturated rings. The smallest absolute Gasteiger partial charge is 0.183 e. The minimum atomic E-state index is -0.185. The topological polar surface area (TPSA) is 30.9 Å². The van der Waals surface area contributed by atoms with Gasteiger partial charge >= 0.3 is 0 Å². The molecule has 22 heavy (non-hydrogen) atoms. The van der Waals surface area contributed by atoms with Gasteiger partial charge in [0.25, 0.3) is 0 Å². The van der Waals surface area contributed by atoms with Gasteiger partial charge in [0.05, 0.1) is 25.4 Å². The molecule has 4 nitrogen and oxygen atoms in total. The van der Waals surface area contributed by atoms with E-state index >= 15 is 0 Å². The molecule has 0 amide bonds. The Bertz CT molecular complexity index is 488. The molecule has 3 aliphatic heterocycles. The van der Waals surface area contributed by atoms with Gasteiger partial charge in [-0.25, -0.2) is 0 Å². The van der Waals surface area contributed by atoms with Crippen molar-refractivity contribution in [2.75, 3.05) is 32.9 Å². The number of hydrogen-bond acceptors (Lipinski definition) is 4. The van der Waals surface area contributed by atoms with Gasteiger partial charge in [-0.15, -0.1) is 0 Å². The number of piperidine rings is 1. The van der Waals surface area contributed by atoms with Crippen molar-refractivity contribution in [3.8, 4) is 0 Å². The quantitative estimate of drug-likeness (QED) is 0.840. The Morgan fingerprint density at radius 1 is 0.909 bits per heavy atom. The number of fused-ring (bicyclic) bond motifs is 1. The molecule has 1 aromatic rings. The normalized spacial score (nSPS) is 36.7. The van der Waals surface area contributed by atoms with Crippen molar-refractivity contribution >= 4 is 0 Å². The Morgan fingerprint density at radius 3 is 2.50 bits per heavy atom. The molecule has 0 saturated carbocycles. The predicted molar refractivity (Wildman–Crippen MR) is 83.6 cm³/mol. The minimum Gasteiger partial charge on any atom is -0.370 e. The summed E-state index contributed by atoms with van der Waals surface area (Å²) in [5.41, 5.74) is 1.29. The summed E-state index contributed by atoms with van der Waals surface area (Å²) in [7, 11) is 0. The van der Waals surface area contributed by atoms with Crippen LogP contribution in [-0.2, 0) is 19.7 Å². The molecule has 0 unspecified atom stereocenters. The molecule has 0 radical (unpaired) electrons. The van der Waals surface area contributed by atoms with Crippen molar-refractivity contribution in [1.29, 1.82) is 0 Å². The third kappa shape index (κ3) is 2.58. The maximum absolute atomic E-state index is 6.12. The number of nitrogens with zero attached hydrogens (tertiary/aromatic N) is 1. The lowest BCUT2D eigenvalue weighted by Crippen LogP contribution is -2.60. The lowest BCUT2D eigenvalue weighted by molar-refractivity contribution is -0.292. The highest BCUT2D eigenvalue weighted by atomic mass is 16.7. The SMILES string of the molecule is c1ccc([C@@]2(N3CCCCC3)CO[C@H]3OCCO[C@H]3C2)cc1. The second-order valence-corrected chi connectivity index (χ2v) is 6.61. The first-order valence-corrected chi connectivity index (χ1v) is 8.54. The van der Waals surface area contributed by atoms with Crippen molar-refractivity contribution in [2.45, 2.75) is 43.6 Å². The molecule has 3 aliphatic rings. The van der Waals surface area contributed by atoms with E-state index in [1.54, 1.807) is 0 Å². The van der Waals surface area contributed by atoms with E-state index in [2.05, 4.69) is 35.2 Å². The molecule has 0 spiro atoms. The highest BCUT2D eigenvalue weighted by molar-refractivity contribution is 5.26. The van der Waals surface area contributed by atoms with Gasteiger partial charge < -0.3 is 14.2 Å². The molecule has 3 atom stereocenters. The van der Waals surface area contributed by atoms with E-state index in [4.69, 9.17) is 14.2 Å². The Balaban J connectivity index is 1.66. The minimum absolute atomic E-state index is 0.0460. The number of benzene rings is 1. The van der Waals surface area contributed by atoms with Gasteiger partial charge in [0.15, 0.2) is 6.29 Å². The van der Waals surface area contributed by atoms with Gasteiger partial charge in [-0.05, 0) is 31.5 Å². The van der Waals surface area contributed by atoms with Crippen LogP contribution in [0, 0.1) is 0 Å². The number of likely N-dealkylation sites (tertiary alicyclic amines) is 1. The Hall–Kier alpha value is -0.940. The molecule has 0 aliphatic carbocycles. The first-order chi connectivity index (χ1) is 10.9. The van der Waals surface area contributed by atoms with Crippen LogP contribution in [0.5, 0.6) is 0 Å². The average molecular weight is 303 g/mol. The second-order valence-electron chi connectivity index (χ2n) is 6.61. The second kappa shape index (κ2) is 6.28. The van der Waals surface area contributed by atoms with Crippen LogP contribution in [0.2, 0.25) is 0 Å². The van der Waals surface area contributed by atoms with Gasteiger partial charge in [-0.2, -0.15) is 0 Å². The summed E-state index contributed by atoms with van der Waals surface area (Å²) in [4.78, 5) is 2.63. The summed E-state index contributed by atoms with van der Waals surface area (Å²) in [6, 6.07) is 10.8. The molecule has 4 rings (SSSR count). The van der Waals surface area contributed by atoms with Crippen LogP contribution in [-0.4, -0.2) is 50.2 Å². The van der Waals surface area contributed by atoms with E-state index in [9.17, 15) is 0 Å². The van der Waals surface area contributed by atoms with Crippen molar-refractivity contribution in [2.24, 2.45) is 0 Å². The van der Waals surface area contributed by atoms with E-state index in [-0.39, 0.29) is 17.9 Å². The van der Waals surface area contributed by atoms with Crippen LogP contribution in [0.4, 0.5) is 0 Å². The van der Waals surface area contributed by atoms with E-state index in [1.807, 2.05) is 0 Å². The van der Waals surface area contributed by atoms with Gasteiger partial charge in [0.1, 0.15) is 6.10 Å². The largest absolute Gasteiger partial charge is 0.370 e. The molecule has 4 heteroatoms. The third-order valence-electron chi connectivity index (χ3n) is 5.30. The fourth-order valence-electron chi connectivity index (χ4n) is 4.15. The molecule has 0 N–H and O–H groups in total. The fourth-order valence-corrected chi connectivity index (χ4v) is 4.15. The van der Waals surface area contributed by atoms with Crippen molar-refractivity contribution < 1.29 is 14.2 Å². The Labute approximate surface area is 132 Å². The van der Waals surface area contributed by atoms with Crippen LogP contribution < -0.4 is 0 Å². The number of hydrogen-bond donors (Lipinski definition) is 0. The summed E-state index contributed by atoms with van der Waals surface area (Å²) >= 11 is 0. The summed E-state index contributed by atoms with van der Waals surface area (Å²) in [5, 5.41) is 0. The van der Waals surface area contributed by atoms with Crippen LogP contribution in [0.15, 0.2) is 30.3 Å². The summed E-state index contributed by atoms with van der Waals surface area (Å²) in [6.07, 6.45) is 4.72. The van der Waals surface area contributed by atoms with Gasteiger partial charge in [-0.3, -0.25) is 4.90 Å². The van der Waals surface area contributed by atoms with Crippen LogP contribution >= 0.6 is 0 Å². The fraction of sp³-hybridized carbons (Fsp3) is 0.667. The first kappa shape index (κ1) is 14.6. The van der Waals surface area contributed by atoms with E-state index in [0.717, 1.165) is 19.5 Å². The molecular weight excluding hydrogens is 278 g/mol. The zero-order chi connectivity index (χ0) is 14.8. The molecule has 3 heterocycles. The molecule has 0 bridgehead atoms. The van der Waals surface area contributed by atoms with Gasteiger partial charge in [-0.1, -0.05) is 36.8 Å². The average Bonchev–Trinajstić information content (AvgIpc) is 2.63. The van der Waals surface area contributed by atoms with Crippen LogP contribution in [0.3, 0.4) is 0 Å². The highest BCUT2D eigenvalue weighted by Gasteiger charge is 2.48. The summed E-state index contributed by atoms with van der Waals surface area (Å²) < 4.78 is 17.8. The van der Waals surface area contributed by atoms with Crippen molar-refractivity contribution in [3.05, 3.63) is 35.9 Å². The number of ether oxygens (including phenoxy) is 3. The Kier molecular flexibility index (Phi) is 4.18. The van der Waals surface area contributed by atoms with Crippen LogP contribution in [0.1, 0.15) is 31.2 Å². The molecular formula is C18H25NO3. The first-order valence-electron chi connectivity index (χ1n) is 8.54. The molecule has 120 valence electrons. The van der Waals surface area contributed by atoms with Crippen molar-refractivity contribution in [3.63, 3.8) is 0 Å². The zero-order valence-electron chi connectivity index (χ0n) is 13.1. The molecule has 1 aromatic carbocycles. The lowest BCUT2D eigenvalue weighted by atomic mass is 9.80. The number of rotatable bonds is 2. The standard InChI is InChI=1S/C18H25NO3/c1-3-7-15(8-4-1)18(19-9-5-2-6-10-19)13-16-17(22-14-18)21-12-11-20-16/h1,3-4,7-8,16-17H,2,5-6,9-14H2/t16-,17+,18-/m0/s1. The predicted octanol–water partition coefficient (Wildman–Crippen LogP) is 2.53. The van der Waals surface area contributed by atoms with Gasteiger partial charge in [0.2, 0.25) is 0 Å². The maximum Gasteiger partial charge on any atom is 0.183 e. The van der Waals surface area contributed by atoms with E-state index in [1.165, 1.54) is 24.8 Å². The monoisotopic (exact) mass is 303 g/mol. The molecule has 3 saturated heterocycles. The van der Waals surface area contributed by atoms with E-state index in [0.29, 0.717) is 19.8 Å².